The highest BCUT2D eigenvalue weighted by molar-refractivity contribution is 7.46. The van der Waals surface area contributed by atoms with Crippen molar-refractivity contribution in [1.82, 2.24) is 0 Å². The minimum Gasteiger partial charge on any atom is -0.462 e. The summed E-state index contributed by atoms with van der Waals surface area (Å²) in [5, 5.41) is 0. The van der Waals surface area contributed by atoms with Crippen LogP contribution < -0.4 is 0 Å². The van der Waals surface area contributed by atoms with Crippen LogP contribution in [0.1, 0.15) is 181 Å². The van der Waals surface area contributed by atoms with Crippen molar-refractivity contribution >= 4 is 19.8 Å². The average molecular weight is 751 g/mol. The molecule has 0 aliphatic heterocycles. The standard InChI is InChI=1S/C43H75O8P/c1-3-5-7-9-11-13-15-17-19-21-23-25-27-29-31-33-35-37-42(44)49-39-41(40-50-52(46,47)48)51-43(45)38-36-34-32-30-28-26-24-22-20-18-16-14-12-10-8-6-4-2/h11,13-14,16-17,19,23,25,29,31,41H,3-10,12,15,18,20-22,24,26-28,30,32-40H2,1-2H3,(H2,46,47,48)/b13-11+,16-14+,19-17+,25-23+,31-29+/t41-/m1/s1. The van der Waals surface area contributed by atoms with E-state index in [1.807, 2.05) is 6.08 Å². The van der Waals surface area contributed by atoms with Crippen molar-refractivity contribution in [3.63, 3.8) is 0 Å². The van der Waals surface area contributed by atoms with Crippen molar-refractivity contribution < 1.29 is 37.9 Å². The molecule has 0 spiro atoms. The third-order valence-electron chi connectivity index (χ3n) is 8.51. The molecule has 0 saturated heterocycles. The Bertz CT molecular complexity index is 1030. The maximum atomic E-state index is 12.4. The summed E-state index contributed by atoms with van der Waals surface area (Å²) in [6, 6.07) is 0. The minimum absolute atomic E-state index is 0.189. The fraction of sp³-hybridized carbons (Fsp3) is 0.721. The van der Waals surface area contributed by atoms with Crippen molar-refractivity contribution in [2.75, 3.05) is 13.2 Å². The summed E-state index contributed by atoms with van der Waals surface area (Å²) in [5.41, 5.74) is 0. The quantitative estimate of drug-likeness (QED) is 0.0279. The maximum absolute atomic E-state index is 12.4. The molecule has 0 aliphatic carbocycles. The van der Waals surface area contributed by atoms with Crippen molar-refractivity contribution in [3.05, 3.63) is 60.8 Å². The molecule has 0 aliphatic rings. The number of rotatable bonds is 37. The van der Waals surface area contributed by atoms with Crippen molar-refractivity contribution in [1.29, 1.82) is 0 Å². The molecule has 0 radical (unpaired) electrons. The number of phosphoric acid groups is 1. The Kier molecular flexibility index (Phi) is 36.8. The zero-order chi connectivity index (χ0) is 38.2. The molecule has 1 atom stereocenters. The molecule has 0 aromatic heterocycles. The summed E-state index contributed by atoms with van der Waals surface area (Å²) >= 11 is 0. The molecule has 8 nitrogen and oxygen atoms in total. The lowest BCUT2D eigenvalue weighted by Gasteiger charge is -2.18. The number of hydrogen-bond donors (Lipinski definition) is 2. The fourth-order valence-corrected chi connectivity index (χ4v) is 5.78. The van der Waals surface area contributed by atoms with Crippen LogP contribution >= 0.6 is 7.82 Å². The molecular formula is C43H75O8P. The number of carbonyl (C=O) groups is 2. The number of unbranched alkanes of at least 4 members (excludes halogenated alkanes) is 17. The number of allylic oxidation sites excluding steroid dienone is 10. The zero-order valence-electron chi connectivity index (χ0n) is 32.9. The average Bonchev–Trinajstić information content (AvgIpc) is 3.11. The summed E-state index contributed by atoms with van der Waals surface area (Å²) in [6.07, 6.45) is 48.0. The predicted octanol–water partition coefficient (Wildman–Crippen LogP) is 12.5. The van der Waals surface area contributed by atoms with Gasteiger partial charge in [0.05, 0.1) is 6.61 Å². The van der Waals surface area contributed by atoms with E-state index >= 15 is 0 Å². The monoisotopic (exact) mass is 751 g/mol. The Hall–Kier alpha value is -2.25. The van der Waals surface area contributed by atoms with Gasteiger partial charge in [0.25, 0.3) is 0 Å². The Labute approximate surface area is 317 Å². The lowest BCUT2D eigenvalue weighted by Crippen LogP contribution is -2.29. The first kappa shape index (κ1) is 49.8. The number of esters is 2. The van der Waals surface area contributed by atoms with Crippen LogP contribution in [0.5, 0.6) is 0 Å². The minimum atomic E-state index is -4.77. The van der Waals surface area contributed by atoms with Crippen LogP contribution in [0.25, 0.3) is 0 Å². The van der Waals surface area contributed by atoms with E-state index in [1.54, 1.807) is 0 Å². The molecule has 0 aromatic rings. The van der Waals surface area contributed by atoms with Gasteiger partial charge in [-0.15, -0.1) is 0 Å². The third-order valence-corrected chi connectivity index (χ3v) is 8.99. The molecule has 0 bridgehead atoms. The van der Waals surface area contributed by atoms with E-state index in [0.29, 0.717) is 12.8 Å². The normalized spacial score (nSPS) is 13.1. The molecule has 0 rings (SSSR count). The van der Waals surface area contributed by atoms with Gasteiger partial charge in [-0.3, -0.25) is 14.1 Å². The van der Waals surface area contributed by atoms with Gasteiger partial charge in [-0.1, -0.05) is 152 Å². The van der Waals surface area contributed by atoms with Crippen LogP contribution in [-0.2, 0) is 28.2 Å². The van der Waals surface area contributed by atoms with Gasteiger partial charge in [-0.25, -0.2) is 4.57 Å². The fourth-order valence-electron chi connectivity index (χ4n) is 5.42. The maximum Gasteiger partial charge on any atom is 0.469 e. The van der Waals surface area contributed by atoms with Crippen LogP contribution in [0.15, 0.2) is 60.8 Å². The SMILES string of the molecule is CCCCC/C=C/C/C=C/C/C=C/C/C=C/CCCC(=O)OC[C@H](COP(=O)(O)O)OC(=O)CCCCCCCCCCC/C=C/CCCCCC. The first-order valence-corrected chi connectivity index (χ1v) is 22.1. The molecule has 0 unspecified atom stereocenters. The van der Waals surface area contributed by atoms with Gasteiger partial charge in [0.15, 0.2) is 6.10 Å². The molecule has 0 saturated carbocycles. The Balaban J connectivity index is 4.03. The Morgan fingerprint density at radius 1 is 0.500 bits per heavy atom. The zero-order valence-corrected chi connectivity index (χ0v) is 33.8. The molecule has 52 heavy (non-hydrogen) atoms. The number of phosphoric ester groups is 1. The van der Waals surface area contributed by atoms with E-state index in [1.165, 1.54) is 96.3 Å². The second-order valence-corrected chi connectivity index (χ2v) is 14.8. The lowest BCUT2D eigenvalue weighted by atomic mass is 10.1. The highest BCUT2D eigenvalue weighted by Crippen LogP contribution is 2.36. The van der Waals surface area contributed by atoms with Gasteiger partial charge in [-0.2, -0.15) is 0 Å². The van der Waals surface area contributed by atoms with E-state index in [2.05, 4.69) is 73.1 Å². The summed E-state index contributed by atoms with van der Waals surface area (Å²) in [4.78, 5) is 42.8. The molecule has 0 amide bonds. The lowest BCUT2D eigenvalue weighted by molar-refractivity contribution is -0.161. The van der Waals surface area contributed by atoms with Gasteiger partial charge in [0.1, 0.15) is 6.61 Å². The van der Waals surface area contributed by atoms with Gasteiger partial charge in [0.2, 0.25) is 0 Å². The van der Waals surface area contributed by atoms with Crippen molar-refractivity contribution in [2.45, 2.75) is 187 Å². The van der Waals surface area contributed by atoms with Gasteiger partial charge < -0.3 is 19.3 Å². The Morgan fingerprint density at radius 3 is 1.40 bits per heavy atom. The molecule has 0 aromatic carbocycles. The molecule has 0 heterocycles. The van der Waals surface area contributed by atoms with Crippen LogP contribution in [0.4, 0.5) is 0 Å². The number of ether oxygens (including phenoxy) is 2. The van der Waals surface area contributed by atoms with E-state index < -0.39 is 32.5 Å². The second-order valence-electron chi connectivity index (χ2n) is 13.6. The molecule has 0 fully saturated rings. The van der Waals surface area contributed by atoms with E-state index in [-0.39, 0.29) is 19.4 Å². The van der Waals surface area contributed by atoms with Gasteiger partial charge >= 0.3 is 19.8 Å². The van der Waals surface area contributed by atoms with Crippen molar-refractivity contribution in [2.24, 2.45) is 0 Å². The molecule has 9 heteroatoms. The van der Waals surface area contributed by atoms with Crippen molar-refractivity contribution in [3.8, 4) is 0 Å². The van der Waals surface area contributed by atoms with Gasteiger partial charge in [0, 0.05) is 12.8 Å². The molecule has 300 valence electrons. The van der Waals surface area contributed by atoms with Crippen LogP contribution in [0.2, 0.25) is 0 Å². The number of hydrogen-bond acceptors (Lipinski definition) is 6. The largest absolute Gasteiger partial charge is 0.469 e. The summed E-state index contributed by atoms with van der Waals surface area (Å²) in [6.45, 7) is 3.59. The first-order valence-electron chi connectivity index (χ1n) is 20.6. The van der Waals surface area contributed by atoms with E-state index in [4.69, 9.17) is 19.3 Å². The van der Waals surface area contributed by atoms with E-state index in [9.17, 15) is 14.2 Å². The van der Waals surface area contributed by atoms with Crippen LogP contribution in [-0.4, -0.2) is 41.0 Å². The van der Waals surface area contributed by atoms with Gasteiger partial charge in [-0.05, 0) is 77.0 Å². The molecular weight excluding hydrogens is 675 g/mol. The third kappa shape index (κ3) is 40.5. The highest BCUT2D eigenvalue weighted by atomic mass is 31.2. The molecule has 2 N–H and O–H groups in total. The second kappa shape index (κ2) is 38.5. The van der Waals surface area contributed by atoms with Crippen LogP contribution in [0, 0.1) is 0 Å². The topological polar surface area (TPSA) is 119 Å². The predicted molar refractivity (Wildman–Crippen MR) is 216 cm³/mol. The van der Waals surface area contributed by atoms with Crippen LogP contribution in [0.3, 0.4) is 0 Å². The summed E-state index contributed by atoms with van der Waals surface area (Å²) in [5.74, 6) is -0.955. The summed E-state index contributed by atoms with van der Waals surface area (Å²) in [7, 11) is -4.77. The summed E-state index contributed by atoms with van der Waals surface area (Å²) < 4.78 is 26.3. The first-order chi connectivity index (χ1) is 25.3. The smallest absolute Gasteiger partial charge is 0.462 e. The Morgan fingerprint density at radius 2 is 0.885 bits per heavy atom. The number of carbonyl (C=O) groups excluding carboxylic acids is 2. The highest BCUT2D eigenvalue weighted by Gasteiger charge is 2.22. The van der Waals surface area contributed by atoms with E-state index in [0.717, 1.165) is 44.9 Å².